The van der Waals surface area contributed by atoms with Gasteiger partial charge >= 0.3 is 0 Å². The Balaban J connectivity index is 1.32. The summed E-state index contributed by atoms with van der Waals surface area (Å²) in [5.74, 6) is 0.285. The van der Waals surface area contributed by atoms with Gasteiger partial charge in [0.1, 0.15) is 5.75 Å². The number of hydrogen-bond acceptors (Lipinski definition) is 5. The summed E-state index contributed by atoms with van der Waals surface area (Å²) < 4.78 is 10.6. The zero-order valence-electron chi connectivity index (χ0n) is 18.1. The van der Waals surface area contributed by atoms with Gasteiger partial charge in [0.05, 0.1) is 13.2 Å². The molecule has 0 radical (unpaired) electrons. The first kappa shape index (κ1) is 22.0. The van der Waals surface area contributed by atoms with Gasteiger partial charge in [-0.05, 0) is 72.7 Å². The number of carbonyl (C=O) groups excluding carboxylic acids is 2. The van der Waals surface area contributed by atoms with Gasteiger partial charge in [0.2, 0.25) is 0 Å². The van der Waals surface area contributed by atoms with Crippen LogP contribution < -0.4 is 15.5 Å². The lowest BCUT2D eigenvalue weighted by atomic mass is 10.0. The van der Waals surface area contributed by atoms with Gasteiger partial charge in [0.15, 0.2) is 6.29 Å². The van der Waals surface area contributed by atoms with Crippen LogP contribution in [-0.4, -0.2) is 31.8 Å². The highest BCUT2D eigenvalue weighted by Crippen LogP contribution is 2.32. The van der Waals surface area contributed by atoms with Gasteiger partial charge in [-0.2, -0.15) is 0 Å². The smallest absolute Gasteiger partial charge is 0.267 e. The molecule has 1 saturated heterocycles. The van der Waals surface area contributed by atoms with Gasteiger partial charge in [-0.15, -0.1) is 0 Å². The number of carbonyl (C=O) groups is 2. The van der Waals surface area contributed by atoms with E-state index in [9.17, 15) is 9.59 Å². The van der Waals surface area contributed by atoms with Gasteiger partial charge in [0.25, 0.3) is 11.8 Å². The largest absolute Gasteiger partial charge is 0.497 e. The molecule has 1 aliphatic heterocycles. The van der Waals surface area contributed by atoms with Crippen molar-refractivity contribution < 1.29 is 23.9 Å². The Hall–Kier alpha value is -3.16. The summed E-state index contributed by atoms with van der Waals surface area (Å²) in [5.41, 5.74) is 6.25. The van der Waals surface area contributed by atoms with E-state index < -0.39 is 0 Å². The van der Waals surface area contributed by atoms with Crippen LogP contribution in [0.2, 0.25) is 0 Å². The monoisotopic (exact) mass is 436 g/mol. The van der Waals surface area contributed by atoms with Crippen LogP contribution in [0.1, 0.15) is 58.8 Å². The van der Waals surface area contributed by atoms with Crippen molar-refractivity contribution in [1.82, 2.24) is 10.8 Å². The standard InChI is InChI=1S/C25H28N2O5/c1-30-20-10-7-18(8-11-20)25(29)26-22-13-9-19-16-17(5-12-21(19)22)6-14-23(28)27-32-24-4-2-3-15-31-24/h5-8,10-12,14,16,22,24H,2-4,9,13,15H2,1H3,(H,26,29)(H,27,28)/b14-6+. The Labute approximate surface area is 187 Å². The molecule has 168 valence electrons. The third-order valence-corrected chi connectivity index (χ3v) is 5.76. The first-order valence-electron chi connectivity index (χ1n) is 11.0. The predicted octanol–water partition coefficient (Wildman–Crippen LogP) is 3.70. The number of hydrogen-bond donors (Lipinski definition) is 2. The van der Waals surface area contributed by atoms with E-state index in [0.29, 0.717) is 12.2 Å². The summed E-state index contributed by atoms with van der Waals surface area (Å²) in [7, 11) is 1.60. The zero-order chi connectivity index (χ0) is 22.3. The molecule has 4 rings (SSSR count). The molecule has 1 heterocycles. The lowest BCUT2D eigenvalue weighted by molar-refractivity contribution is -0.198. The maximum Gasteiger partial charge on any atom is 0.267 e. The van der Waals surface area contributed by atoms with Crippen molar-refractivity contribution in [3.05, 3.63) is 70.8 Å². The van der Waals surface area contributed by atoms with Crippen molar-refractivity contribution in [2.24, 2.45) is 0 Å². The Kier molecular flexibility index (Phi) is 7.19. The van der Waals surface area contributed by atoms with Crippen LogP contribution in [0.4, 0.5) is 0 Å². The molecule has 32 heavy (non-hydrogen) atoms. The molecular formula is C25H28N2O5. The molecule has 2 aromatic carbocycles. The predicted molar refractivity (Wildman–Crippen MR) is 120 cm³/mol. The van der Waals surface area contributed by atoms with Gasteiger partial charge in [-0.3, -0.25) is 9.59 Å². The third kappa shape index (κ3) is 5.55. The number of rotatable bonds is 7. The van der Waals surface area contributed by atoms with Crippen LogP contribution in [0, 0.1) is 0 Å². The minimum Gasteiger partial charge on any atom is -0.497 e. The van der Waals surface area contributed by atoms with E-state index in [0.717, 1.165) is 49.0 Å². The number of nitrogens with one attached hydrogen (secondary N) is 2. The van der Waals surface area contributed by atoms with E-state index >= 15 is 0 Å². The second-order valence-corrected chi connectivity index (χ2v) is 7.97. The first-order valence-corrected chi connectivity index (χ1v) is 11.0. The Morgan fingerprint density at radius 2 is 1.94 bits per heavy atom. The number of aryl methyl sites for hydroxylation is 1. The molecule has 7 heteroatoms. The SMILES string of the molecule is COc1ccc(C(=O)NC2CCc3cc(/C=C/C(=O)NOC4CCCCO4)ccc32)cc1. The molecule has 2 aromatic rings. The fourth-order valence-corrected chi connectivity index (χ4v) is 4.01. The number of hydroxylamine groups is 1. The molecule has 0 spiro atoms. The number of ether oxygens (including phenoxy) is 2. The van der Waals surface area contributed by atoms with E-state index in [4.69, 9.17) is 14.3 Å². The Morgan fingerprint density at radius 3 is 2.69 bits per heavy atom. The molecule has 1 aliphatic carbocycles. The summed E-state index contributed by atoms with van der Waals surface area (Å²) in [4.78, 5) is 29.9. The van der Waals surface area contributed by atoms with Crippen molar-refractivity contribution >= 4 is 17.9 Å². The van der Waals surface area contributed by atoms with E-state index in [1.165, 1.54) is 11.6 Å². The third-order valence-electron chi connectivity index (χ3n) is 5.76. The molecular weight excluding hydrogens is 408 g/mol. The van der Waals surface area contributed by atoms with E-state index in [2.05, 4.69) is 16.9 Å². The Bertz CT molecular complexity index is 980. The normalized spacial score (nSPS) is 20.0. The molecule has 7 nitrogen and oxygen atoms in total. The molecule has 0 bridgehead atoms. The van der Waals surface area contributed by atoms with Crippen LogP contribution in [0.25, 0.3) is 6.08 Å². The second-order valence-electron chi connectivity index (χ2n) is 7.97. The average molecular weight is 437 g/mol. The molecule has 2 unspecified atom stereocenters. The summed E-state index contributed by atoms with van der Waals surface area (Å²) in [6.45, 7) is 0.660. The summed E-state index contributed by atoms with van der Waals surface area (Å²) >= 11 is 0. The zero-order valence-corrected chi connectivity index (χ0v) is 18.1. The van der Waals surface area contributed by atoms with Crippen molar-refractivity contribution in [2.45, 2.75) is 44.4 Å². The minimum atomic E-state index is -0.369. The second kappa shape index (κ2) is 10.4. The van der Waals surface area contributed by atoms with E-state index in [1.54, 1.807) is 37.5 Å². The van der Waals surface area contributed by atoms with Crippen molar-refractivity contribution in [1.29, 1.82) is 0 Å². The molecule has 2 amide bonds. The quantitative estimate of drug-likeness (QED) is 0.511. The molecule has 0 aromatic heterocycles. The average Bonchev–Trinajstić information content (AvgIpc) is 3.24. The van der Waals surface area contributed by atoms with Crippen LogP contribution in [0.15, 0.2) is 48.5 Å². The van der Waals surface area contributed by atoms with Crippen LogP contribution in [0.3, 0.4) is 0 Å². The van der Waals surface area contributed by atoms with Crippen LogP contribution in [0.5, 0.6) is 5.75 Å². The maximum absolute atomic E-state index is 12.6. The maximum atomic E-state index is 12.6. The minimum absolute atomic E-state index is 0.0233. The molecule has 1 fully saturated rings. The van der Waals surface area contributed by atoms with Gasteiger partial charge in [-0.1, -0.05) is 18.2 Å². The van der Waals surface area contributed by atoms with Gasteiger partial charge < -0.3 is 14.8 Å². The number of fused-ring (bicyclic) bond motifs is 1. The number of benzene rings is 2. The summed E-state index contributed by atoms with van der Waals surface area (Å²) in [6, 6.07) is 13.1. The number of methoxy groups -OCH3 is 1. The molecule has 2 atom stereocenters. The fraction of sp³-hybridized carbons (Fsp3) is 0.360. The first-order chi connectivity index (χ1) is 15.6. The summed E-state index contributed by atoms with van der Waals surface area (Å²) in [6.07, 6.45) is 7.40. The highest BCUT2D eigenvalue weighted by Gasteiger charge is 2.24. The fourth-order valence-electron chi connectivity index (χ4n) is 4.01. The summed E-state index contributed by atoms with van der Waals surface area (Å²) in [5, 5.41) is 3.12. The van der Waals surface area contributed by atoms with Crippen molar-refractivity contribution in [2.75, 3.05) is 13.7 Å². The Morgan fingerprint density at radius 1 is 1.09 bits per heavy atom. The van der Waals surface area contributed by atoms with Gasteiger partial charge in [-0.25, -0.2) is 10.3 Å². The van der Waals surface area contributed by atoms with Crippen LogP contribution in [-0.2, 0) is 20.8 Å². The van der Waals surface area contributed by atoms with Crippen molar-refractivity contribution in [3.63, 3.8) is 0 Å². The van der Waals surface area contributed by atoms with Crippen molar-refractivity contribution in [3.8, 4) is 5.75 Å². The van der Waals surface area contributed by atoms with Crippen LogP contribution >= 0.6 is 0 Å². The van der Waals surface area contributed by atoms with Gasteiger partial charge in [0, 0.05) is 24.7 Å². The number of amides is 2. The molecule has 2 N–H and O–H groups in total. The molecule has 2 aliphatic rings. The lowest BCUT2D eigenvalue weighted by Gasteiger charge is -2.21. The highest BCUT2D eigenvalue weighted by molar-refractivity contribution is 5.94. The topological polar surface area (TPSA) is 85.9 Å². The van der Waals surface area contributed by atoms with E-state index in [1.807, 2.05) is 12.1 Å². The van der Waals surface area contributed by atoms with E-state index in [-0.39, 0.29) is 24.1 Å². The molecule has 0 saturated carbocycles. The highest BCUT2D eigenvalue weighted by atomic mass is 16.8. The lowest BCUT2D eigenvalue weighted by Crippen LogP contribution is -2.32.